The van der Waals surface area contributed by atoms with Crippen LogP contribution in [0.5, 0.6) is 0 Å². The summed E-state index contributed by atoms with van der Waals surface area (Å²) in [5, 5.41) is 0. The minimum Gasteiger partial charge on any atom is -0.321 e. The molecule has 1 aromatic rings. The van der Waals surface area contributed by atoms with Crippen molar-refractivity contribution in [3.63, 3.8) is 0 Å². The normalized spacial score (nSPS) is 12.6. The monoisotopic (exact) mass is 195 g/mol. The summed E-state index contributed by atoms with van der Waals surface area (Å²) < 4.78 is 13.2. The van der Waals surface area contributed by atoms with Crippen LogP contribution in [0.4, 0.5) is 4.39 Å². The van der Waals surface area contributed by atoms with Crippen LogP contribution >= 0.6 is 0 Å². The first-order valence-corrected chi connectivity index (χ1v) is 4.50. The van der Waals surface area contributed by atoms with E-state index < -0.39 is 6.04 Å². The van der Waals surface area contributed by atoms with Crippen molar-refractivity contribution in [2.45, 2.75) is 26.8 Å². The van der Waals surface area contributed by atoms with Crippen LogP contribution in [0, 0.1) is 19.7 Å². The summed E-state index contributed by atoms with van der Waals surface area (Å²) in [7, 11) is 0. The lowest BCUT2D eigenvalue weighted by Gasteiger charge is -2.09. The number of carbonyl (C=O) groups is 1. The zero-order valence-electron chi connectivity index (χ0n) is 8.60. The van der Waals surface area contributed by atoms with Crippen molar-refractivity contribution in [1.29, 1.82) is 0 Å². The summed E-state index contributed by atoms with van der Waals surface area (Å²) >= 11 is 0. The van der Waals surface area contributed by atoms with Crippen molar-refractivity contribution in [1.82, 2.24) is 0 Å². The molecule has 0 aromatic heterocycles. The second-order valence-corrected chi connectivity index (χ2v) is 3.57. The number of aryl methyl sites for hydroxylation is 2. The summed E-state index contributed by atoms with van der Waals surface area (Å²) in [6, 6.07) is 2.33. The predicted octanol–water partition coefficient (Wildman–Crippen LogP) is 1.97. The predicted molar refractivity (Wildman–Crippen MR) is 53.9 cm³/mol. The van der Waals surface area contributed by atoms with E-state index in [0.717, 1.165) is 5.56 Å². The van der Waals surface area contributed by atoms with Gasteiger partial charge in [-0.1, -0.05) is 6.07 Å². The van der Waals surface area contributed by atoms with Crippen LogP contribution in [-0.4, -0.2) is 11.8 Å². The van der Waals surface area contributed by atoms with E-state index in [-0.39, 0.29) is 11.6 Å². The van der Waals surface area contributed by atoms with Gasteiger partial charge in [0, 0.05) is 5.56 Å². The fourth-order valence-electron chi connectivity index (χ4n) is 1.34. The molecule has 76 valence electrons. The fourth-order valence-corrected chi connectivity index (χ4v) is 1.34. The number of benzene rings is 1. The molecular formula is C11H14FNO. The van der Waals surface area contributed by atoms with Crippen molar-refractivity contribution < 1.29 is 9.18 Å². The van der Waals surface area contributed by atoms with Gasteiger partial charge in [-0.2, -0.15) is 0 Å². The molecule has 1 atom stereocenters. The van der Waals surface area contributed by atoms with E-state index in [1.165, 1.54) is 6.07 Å². The van der Waals surface area contributed by atoms with Gasteiger partial charge in [-0.15, -0.1) is 0 Å². The lowest BCUT2D eigenvalue weighted by molar-refractivity contribution is 0.0967. The fraction of sp³-hybridized carbons (Fsp3) is 0.364. The van der Waals surface area contributed by atoms with Crippen LogP contribution in [0.2, 0.25) is 0 Å². The van der Waals surface area contributed by atoms with Crippen LogP contribution in [0.1, 0.15) is 28.4 Å². The van der Waals surface area contributed by atoms with Gasteiger partial charge in [0.25, 0.3) is 0 Å². The Hall–Kier alpha value is -1.22. The largest absolute Gasteiger partial charge is 0.321 e. The Morgan fingerprint density at radius 2 is 1.93 bits per heavy atom. The number of hydrogen-bond acceptors (Lipinski definition) is 2. The maximum atomic E-state index is 13.2. The minimum atomic E-state index is -0.587. The Morgan fingerprint density at radius 1 is 1.36 bits per heavy atom. The molecule has 0 bridgehead atoms. The highest BCUT2D eigenvalue weighted by Gasteiger charge is 2.15. The molecule has 1 unspecified atom stereocenters. The van der Waals surface area contributed by atoms with E-state index in [9.17, 15) is 9.18 Å². The molecule has 2 N–H and O–H groups in total. The first kappa shape index (κ1) is 10.9. The highest BCUT2D eigenvalue weighted by Crippen LogP contribution is 2.15. The quantitative estimate of drug-likeness (QED) is 0.733. The van der Waals surface area contributed by atoms with Gasteiger partial charge < -0.3 is 5.73 Å². The Balaban J connectivity index is 3.22. The van der Waals surface area contributed by atoms with Gasteiger partial charge in [0.15, 0.2) is 5.78 Å². The summed E-state index contributed by atoms with van der Waals surface area (Å²) in [6.45, 7) is 5.05. The van der Waals surface area contributed by atoms with Crippen molar-refractivity contribution in [3.8, 4) is 0 Å². The molecule has 14 heavy (non-hydrogen) atoms. The standard InChI is InChI=1S/C11H14FNO/c1-6-4-7(2)10(12)5-9(6)11(14)8(3)13/h4-5,8H,13H2,1-3H3. The molecule has 0 radical (unpaired) electrons. The molecule has 0 saturated heterocycles. The van der Waals surface area contributed by atoms with Gasteiger partial charge in [0.05, 0.1) is 6.04 Å². The van der Waals surface area contributed by atoms with Gasteiger partial charge in [0.2, 0.25) is 0 Å². The molecule has 2 nitrogen and oxygen atoms in total. The van der Waals surface area contributed by atoms with E-state index in [1.807, 2.05) is 0 Å². The molecule has 0 aliphatic rings. The Morgan fingerprint density at radius 3 is 2.43 bits per heavy atom. The zero-order valence-corrected chi connectivity index (χ0v) is 8.60. The SMILES string of the molecule is Cc1cc(C)c(C(=O)C(C)N)cc1F. The molecule has 0 aliphatic carbocycles. The number of carbonyl (C=O) groups excluding carboxylic acids is 1. The first-order valence-electron chi connectivity index (χ1n) is 4.50. The number of halogens is 1. The maximum absolute atomic E-state index is 13.2. The van der Waals surface area contributed by atoms with Crippen LogP contribution in [0.3, 0.4) is 0 Å². The molecule has 0 spiro atoms. The van der Waals surface area contributed by atoms with Crippen molar-refractivity contribution in [2.75, 3.05) is 0 Å². The van der Waals surface area contributed by atoms with E-state index in [2.05, 4.69) is 0 Å². The third kappa shape index (κ3) is 1.99. The number of ketones is 1. The first-order chi connectivity index (χ1) is 6.43. The Labute approximate surface area is 82.9 Å². The van der Waals surface area contributed by atoms with Gasteiger partial charge in [-0.25, -0.2) is 4.39 Å². The molecule has 0 aliphatic heterocycles. The van der Waals surface area contributed by atoms with Gasteiger partial charge in [-0.05, 0) is 38.0 Å². The smallest absolute Gasteiger partial charge is 0.179 e. The molecule has 0 amide bonds. The third-order valence-corrected chi connectivity index (χ3v) is 2.18. The van der Waals surface area contributed by atoms with E-state index in [4.69, 9.17) is 5.73 Å². The summed E-state index contributed by atoms with van der Waals surface area (Å²) in [6.07, 6.45) is 0. The molecule has 3 heteroatoms. The van der Waals surface area contributed by atoms with Gasteiger partial charge >= 0.3 is 0 Å². The van der Waals surface area contributed by atoms with Crippen LogP contribution in [-0.2, 0) is 0 Å². The third-order valence-electron chi connectivity index (χ3n) is 2.18. The average Bonchev–Trinajstić information content (AvgIpc) is 2.10. The van der Waals surface area contributed by atoms with Crippen LogP contribution in [0.15, 0.2) is 12.1 Å². The molecule has 0 saturated carbocycles. The lowest BCUT2D eigenvalue weighted by Crippen LogP contribution is -2.27. The van der Waals surface area contributed by atoms with Gasteiger partial charge in [0.1, 0.15) is 5.82 Å². The van der Waals surface area contributed by atoms with Crippen LogP contribution in [0.25, 0.3) is 0 Å². The molecular weight excluding hydrogens is 181 g/mol. The van der Waals surface area contributed by atoms with E-state index in [0.29, 0.717) is 11.1 Å². The maximum Gasteiger partial charge on any atom is 0.179 e. The summed E-state index contributed by atoms with van der Waals surface area (Å²) in [5.74, 6) is -0.582. The van der Waals surface area contributed by atoms with Crippen LogP contribution < -0.4 is 5.73 Å². The number of rotatable bonds is 2. The minimum absolute atomic E-state index is 0.221. The average molecular weight is 195 g/mol. The van der Waals surface area contributed by atoms with Crippen molar-refractivity contribution in [3.05, 3.63) is 34.6 Å². The topological polar surface area (TPSA) is 43.1 Å². The number of nitrogens with two attached hydrogens (primary N) is 1. The van der Waals surface area contributed by atoms with E-state index >= 15 is 0 Å². The van der Waals surface area contributed by atoms with Crippen molar-refractivity contribution >= 4 is 5.78 Å². The second-order valence-electron chi connectivity index (χ2n) is 3.57. The Bertz CT molecular complexity index is 372. The highest BCUT2D eigenvalue weighted by atomic mass is 19.1. The van der Waals surface area contributed by atoms with Gasteiger partial charge in [-0.3, -0.25) is 4.79 Å². The highest BCUT2D eigenvalue weighted by molar-refractivity contribution is 6.00. The second kappa shape index (κ2) is 3.88. The Kier molecular flexibility index (Phi) is 3.01. The summed E-state index contributed by atoms with van der Waals surface area (Å²) in [4.78, 5) is 11.5. The molecule has 0 heterocycles. The molecule has 1 rings (SSSR count). The number of hydrogen-bond donors (Lipinski definition) is 1. The lowest BCUT2D eigenvalue weighted by atomic mass is 9.98. The molecule has 1 aromatic carbocycles. The van der Waals surface area contributed by atoms with Crippen molar-refractivity contribution in [2.24, 2.45) is 5.73 Å². The molecule has 0 fully saturated rings. The number of Topliss-reactive ketones (excluding diaryl/α,β-unsaturated/α-hetero) is 1. The van der Waals surface area contributed by atoms with E-state index in [1.54, 1.807) is 26.8 Å². The zero-order chi connectivity index (χ0) is 10.9. The summed E-state index contributed by atoms with van der Waals surface area (Å²) in [5.41, 5.74) is 7.15.